The van der Waals surface area contributed by atoms with Gasteiger partial charge in [-0.3, -0.25) is 14.2 Å². The molecule has 9 heteroatoms. The van der Waals surface area contributed by atoms with Gasteiger partial charge in [0.2, 0.25) is 0 Å². The zero-order valence-electron chi connectivity index (χ0n) is 18.7. The van der Waals surface area contributed by atoms with E-state index in [0.717, 1.165) is 5.56 Å². The highest BCUT2D eigenvalue weighted by Crippen LogP contribution is 2.24. The van der Waals surface area contributed by atoms with Crippen LogP contribution < -0.4 is 20.3 Å². The number of ether oxygens (including phenoxy) is 2. The summed E-state index contributed by atoms with van der Waals surface area (Å²) < 4.78 is 13.6. The zero-order chi connectivity index (χ0) is 23.4. The highest BCUT2D eigenvalue weighted by atomic mass is 16.5. The summed E-state index contributed by atoms with van der Waals surface area (Å²) in [4.78, 5) is 29.9. The van der Waals surface area contributed by atoms with Crippen LogP contribution in [0.2, 0.25) is 0 Å². The van der Waals surface area contributed by atoms with Crippen LogP contribution in [0.5, 0.6) is 11.5 Å². The van der Waals surface area contributed by atoms with E-state index in [1.165, 1.54) is 25.2 Å². The van der Waals surface area contributed by atoms with Crippen molar-refractivity contribution < 1.29 is 14.3 Å². The van der Waals surface area contributed by atoms with E-state index >= 15 is 0 Å². The number of hydrogen-bond acceptors (Lipinski definition) is 6. The predicted octanol–water partition coefficient (Wildman–Crippen LogP) is 2.40. The number of rotatable bonds is 8. The average molecular weight is 447 g/mol. The lowest BCUT2D eigenvalue weighted by molar-refractivity contribution is 0.0949. The molecular formula is C24H25N5O4. The maximum Gasteiger partial charge on any atom is 0.264 e. The summed E-state index contributed by atoms with van der Waals surface area (Å²) in [6.45, 7) is 3.13. The molecule has 0 spiro atoms. The maximum absolute atomic E-state index is 12.9. The lowest BCUT2D eigenvalue weighted by Gasteiger charge is -2.11. The Bertz CT molecular complexity index is 1340. The molecule has 2 heterocycles. The molecule has 2 aromatic carbocycles. The number of nitrogens with zero attached hydrogens (tertiary/aromatic N) is 4. The molecule has 4 rings (SSSR count). The average Bonchev–Trinajstić information content (AvgIpc) is 3.25. The normalized spacial score (nSPS) is 10.9. The molecule has 2 aromatic heterocycles. The smallest absolute Gasteiger partial charge is 0.264 e. The Labute approximate surface area is 190 Å². The predicted molar refractivity (Wildman–Crippen MR) is 124 cm³/mol. The van der Waals surface area contributed by atoms with Gasteiger partial charge in [0.25, 0.3) is 11.5 Å². The first-order chi connectivity index (χ1) is 16.0. The van der Waals surface area contributed by atoms with Gasteiger partial charge in [-0.05, 0) is 24.6 Å². The molecule has 1 amide bonds. The Hall–Kier alpha value is -4.14. The second-order valence-corrected chi connectivity index (χ2v) is 7.59. The minimum atomic E-state index is -0.278. The van der Waals surface area contributed by atoms with Gasteiger partial charge in [0.1, 0.15) is 23.2 Å². The number of nitrogens with one attached hydrogen (secondary N) is 1. The highest BCUT2D eigenvalue weighted by molar-refractivity contribution is 5.97. The molecule has 0 saturated heterocycles. The third kappa shape index (κ3) is 4.72. The van der Waals surface area contributed by atoms with Crippen LogP contribution >= 0.6 is 0 Å². The van der Waals surface area contributed by atoms with Crippen LogP contribution in [-0.4, -0.2) is 46.0 Å². The first-order valence-electron chi connectivity index (χ1n) is 10.5. The number of aryl methyl sites for hydroxylation is 1. The molecular weight excluding hydrogens is 422 g/mol. The Morgan fingerprint density at radius 1 is 1.09 bits per heavy atom. The van der Waals surface area contributed by atoms with Gasteiger partial charge in [0.05, 0.1) is 39.1 Å². The molecule has 0 radical (unpaired) electrons. The lowest BCUT2D eigenvalue weighted by atomic mass is 10.1. The fourth-order valence-corrected chi connectivity index (χ4v) is 3.52. The number of carbonyl (C=O) groups excluding carboxylic acids is 1. The van der Waals surface area contributed by atoms with Crippen molar-refractivity contribution in [3.8, 4) is 11.5 Å². The molecule has 0 aliphatic carbocycles. The first kappa shape index (κ1) is 22.1. The zero-order valence-corrected chi connectivity index (χ0v) is 18.7. The molecule has 9 nitrogen and oxygen atoms in total. The summed E-state index contributed by atoms with van der Waals surface area (Å²) in [7, 11) is 3.05. The molecule has 33 heavy (non-hydrogen) atoms. The molecule has 0 aliphatic heterocycles. The van der Waals surface area contributed by atoms with Crippen molar-refractivity contribution in [2.45, 2.75) is 20.0 Å². The van der Waals surface area contributed by atoms with E-state index in [2.05, 4.69) is 15.4 Å². The van der Waals surface area contributed by atoms with Gasteiger partial charge in [-0.1, -0.05) is 29.8 Å². The molecule has 0 atom stereocenters. The Balaban J connectivity index is 1.44. The molecule has 0 saturated carbocycles. The number of methoxy groups -OCH3 is 2. The minimum absolute atomic E-state index is 0.154. The van der Waals surface area contributed by atoms with Crippen molar-refractivity contribution in [3.05, 3.63) is 82.0 Å². The van der Waals surface area contributed by atoms with Gasteiger partial charge in [0.15, 0.2) is 5.65 Å². The molecule has 0 unspecified atom stereocenters. The van der Waals surface area contributed by atoms with Crippen molar-refractivity contribution >= 4 is 16.9 Å². The first-order valence-corrected chi connectivity index (χ1v) is 10.5. The summed E-state index contributed by atoms with van der Waals surface area (Å²) in [6.07, 6.45) is 3.05. The number of benzene rings is 2. The molecule has 0 bridgehead atoms. The Kier molecular flexibility index (Phi) is 6.39. The van der Waals surface area contributed by atoms with Crippen LogP contribution in [-0.2, 0) is 13.1 Å². The van der Waals surface area contributed by atoms with Gasteiger partial charge < -0.3 is 14.8 Å². The number of aromatic nitrogens is 4. The third-order valence-corrected chi connectivity index (χ3v) is 5.36. The van der Waals surface area contributed by atoms with E-state index in [1.54, 1.807) is 34.6 Å². The molecule has 170 valence electrons. The van der Waals surface area contributed by atoms with Gasteiger partial charge in [0, 0.05) is 12.6 Å². The van der Waals surface area contributed by atoms with Crippen molar-refractivity contribution in [2.75, 3.05) is 20.8 Å². The summed E-state index contributed by atoms with van der Waals surface area (Å²) in [5, 5.41) is 7.57. The molecule has 1 N–H and O–H groups in total. The number of carbonyl (C=O) groups is 1. The summed E-state index contributed by atoms with van der Waals surface area (Å²) in [5.41, 5.74) is 2.92. The fourth-order valence-electron chi connectivity index (χ4n) is 3.52. The van der Waals surface area contributed by atoms with Crippen molar-refractivity contribution in [3.63, 3.8) is 0 Å². The number of hydrogen-bond donors (Lipinski definition) is 1. The van der Waals surface area contributed by atoms with Crippen LogP contribution in [0.25, 0.3) is 11.0 Å². The molecule has 0 fully saturated rings. The van der Waals surface area contributed by atoms with E-state index < -0.39 is 0 Å². The number of fused-ring (bicyclic) bond motifs is 1. The monoisotopic (exact) mass is 447 g/mol. The second-order valence-electron chi connectivity index (χ2n) is 7.59. The topological polar surface area (TPSA) is 100 Å². The van der Waals surface area contributed by atoms with Gasteiger partial charge in [-0.25, -0.2) is 9.67 Å². The molecule has 0 aliphatic rings. The lowest BCUT2D eigenvalue weighted by Crippen LogP contribution is -2.28. The van der Waals surface area contributed by atoms with E-state index in [4.69, 9.17) is 9.47 Å². The Morgan fingerprint density at radius 3 is 2.61 bits per heavy atom. The van der Waals surface area contributed by atoms with E-state index in [0.29, 0.717) is 47.7 Å². The second kappa shape index (κ2) is 9.56. The Morgan fingerprint density at radius 2 is 1.88 bits per heavy atom. The maximum atomic E-state index is 12.9. The van der Waals surface area contributed by atoms with Crippen LogP contribution in [0.1, 0.15) is 21.5 Å². The fraction of sp³-hybridized carbons (Fsp3) is 0.250. The summed E-state index contributed by atoms with van der Waals surface area (Å²) >= 11 is 0. The van der Waals surface area contributed by atoms with E-state index in [1.807, 2.05) is 31.2 Å². The van der Waals surface area contributed by atoms with Gasteiger partial charge in [-0.15, -0.1) is 0 Å². The minimum Gasteiger partial charge on any atom is -0.497 e. The SMILES string of the molecule is COc1ccc(C(=O)NCCn2ncc3c(=O)n(Cc4ccc(C)cc4)cnc32)c(OC)c1. The van der Waals surface area contributed by atoms with Crippen LogP contribution in [0, 0.1) is 6.92 Å². The largest absolute Gasteiger partial charge is 0.497 e. The number of amides is 1. The van der Waals surface area contributed by atoms with Crippen LogP contribution in [0.4, 0.5) is 0 Å². The van der Waals surface area contributed by atoms with Gasteiger partial charge in [-0.2, -0.15) is 5.10 Å². The van der Waals surface area contributed by atoms with Crippen molar-refractivity contribution in [1.29, 1.82) is 0 Å². The van der Waals surface area contributed by atoms with E-state index in [-0.39, 0.29) is 11.5 Å². The third-order valence-electron chi connectivity index (χ3n) is 5.36. The summed E-state index contributed by atoms with van der Waals surface area (Å²) in [5.74, 6) is 0.747. The van der Waals surface area contributed by atoms with Gasteiger partial charge >= 0.3 is 0 Å². The van der Waals surface area contributed by atoms with Crippen LogP contribution in [0.15, 0.2) is 59.8 Å². The summed E-state index contributed by atoms with van der Waals surface area (Å²) in [6, 6.07) is 13.0. The van der Waals surface area contributed by atoms with Crippen molar-refractivity contribution in [1.82, 2.24) is 24.6 Å². The van der Waals surface area contributed by atoms with Crippen molar-refractivity contribution in [2.24, 2.45) is 0 Å². The highest BCUT2D eigenvalue weighted by Gasteiger charge is 2.14. The molecule has 4 aromatic rings. The van der Waals surface area contributed by atoms with Crippen LogP contribution in [0.3, 0.4) is 0 Å². The standard InChI is InChI=1S/C24H25N5O4/c1-16-4-6-17(7-5-16)14-28-15-26-22-20(24(28)31)13-27-29(22)11-10-25-23(30)19-9-8-18(32-2)12-21(19)33-3/h4-9,12-13,15H,10-11,14H2,1-3H3,(H,25,30). The quantitative estimate of drug-likeness (QED) is 0.445. The van der Waals surface area contributed by atoms with E-state index in [9.17, 15) is 9.59 Å².